The molecule has 0 radical (unpaired) electrons. The summed E-state index contributed by atoms with van der Waals surface area (Å²) in [6, 6.07) is 0. The molecule has 0 rings (SSSR count). The standard InChI is InChI=1S/C77H150O17P2/c1-8-10-11-12-34-44-51-58-74(79)87-64-72(94-77(82)61-54-47-40-33-32-37-43-50-57-70(7)9-2)66-91-95(83,84)89-62-71(78)63-90-96(85,86)92-67-73(65-88-75(80)59-52-45-38-30-26-22-19-15-17-21-25-29-36-42-49-56-69(5)6)93-76(81)60-53-46-39-31-27-23-18-14-13-16-20-24-28-35-41-48-55-68(3)4/h68-73,78H,8-67H2,1-7H3,(H,83,84)(H,85,86)/t70?,71-,72+,73+/m0/s1. The molecule has 0 aliphatic carbocycles. The molecule has 0 aliphatic rings. The lowest BCUT2D eigenvalue weighted by Gasteiger charge is -2.21. The number of aliphatic hydroxyl groups is 1. The highest BCUT2D eigenvalue weighted by molar-refractivity contribution is 7.47. The average Bonchev–Trinajstić information content (AvgIpc) is 1.15. The van der Waals surface area contributed by atoms with Gasteiger partial charge in [0.25, 0.3) is 0 Å². The smallest absolute Gasteiger partial charge is 0.462 e. The monoisotopic (exact) mass is 1410 g/mol. The number of unbranched alkanes of at least 4 members (excludes halogenated alkanes) is 42. The van der Waals surface area contributed by atoms with Crippen LogP contribution >= 0.6 is 15.6 Å². The van der Waals surface area contributed by atoms with Crippen molar-refractivity contribution in [2.75, 3.05) is 39.6 Å². The fourth-order valence-corrected chi connectivity index (χ4v) is 13.3. The van der Waals surface area contributed by atoms with Gasteiger partial charge in [0.2, 0.25) is 0 Å². The Kier molecular flexibility index (Phi) is 66.2. The van der Waals surface area contributed by atoms with Gasteiger partial charge in [0.1, 0.15) is 19.3 Å². The molecule has 0 aromatic rings. The quantitative estimate of drug-likeness (QED) is 0.0222. The van der Waals surface area contributed by atoms with E-state index in [-0.39, 0.29) is 25.7 Å². The molecule has 3 unspecified atom stereocenters. The van der Waals surface area contributed by atoms with E-state index in [0.717, 1.165) is 120 Å². The second-order valence-corrected chi connectivity index (χ2v) is 31.8. The number of hydrogen-bond acceptors (Lipinski definition) is 15. The zero-order valence-corrected chi connectivity index (χ0v) is 64.6. The molecule has 96 heavy (non-hydrogen) atoms. The molecule has 19 heteroatoms. The summed E-state index contributed by atoms with van der Waals surface area (Å²) >= 11 is 0. The lowest BCUT2D eigenvalue weighted by atomic mass is 9.99. The third-order valence-electron chi connectivity index (χ3n) is 18.2. The van der Waals surface area contributed by atoms with Gasteiger partial charge in [0.05, 0.1) is 26.4 Å². The van der Waals surface area contributed by atoms with Crippen molar-refractivity contribution in [3.8, 4) is 0 Å². The van der Waals surface area contributed by atoms with Gasteiger partial charge in [-0.15, -0.1) is 0 Å². The van der Waals surface area contributed by atoms with Crippen LogP contribution in [0, 0.1) is 17.8 Å². The third-order valence-corrected chi connectivity index (χ3v) is 20.1. The largest absolute Gasteiger partial charge is 0.472 e. The Labute approximate surface area is 588 Å². The van der Waals surface area contributed by atoms with Gasteiger partial charge in [0, 0.05) is 25.7 Å². The highest BCUT2D eigenvalue weighted by Crippen LogP contribution is 2.45. The maximum Gasteiger partial charge on any atom is 0.472 e. The first-order chi connectivity index (χ1) is 46.3. The summed E-state index contributed by atoms with van der Waals surface area (Å²) in [6.07, 6.45) is 54.3. The van der Waals surface area contributed by atoms with Crippen molar-refractivity contribution in [3.63, 3.8) is 0 Å². The molecular formula is C77H150O17P2. The van der Waals surface area contributed by atoms with Crippen LogP contribution < -0.4 is 0 Å². The fraction of sp³-hybridized carbons (Fsp3) is 0.948. The highest BCUT2D eigenvalue weighted by Gasteiger charge is 2.30. The van der Waals surface area contributed by atoms with Crippen molar-refractivity contribution in [3.05, 3.63) is 0 Å². The van der Waals surface area contributed by atoms with Crippen LogP contribution in [0.2, 0.25) is 0 Å². The Bertz CT molecular complexity index is 1870. The summed E-state index contributed by atoms with van der Waals surface area (Å²) in [5.74, 6) is 0.263. The number of rotatable bonds is 75. The number of phosphoric acid groups is 2. The van der Waals surface area contributed by atoms with Crippen molar-refractivity contribution in [2.45, 2.75) is 414 Å². The number of phosphoric ester groups is 2. The zero-order valence-electron chi connectivity index (χ0n) is 62.8. The first kappa shape index (κ1) is 94.1. The van der Waals surface area contributed by atoms with Gasteiger partial charge in [-0.1, -0.05) is 344 Å². The van der Waals surface area contributed by atoms with Gasteiger partial charge in [-0.05, 0) is 43.4 Å². The SMILES string of the molecule is CCCCCCCCCC(=O)OC[C@H](COP(=O)(O)OC[C@H](O)COP(=O)(O)OC[C@@H](COC(=O)CCCCCCCCCCCCCCCCCC(C)C)OC(=O)CCCCCCCCCCCCCCCCCCC(C)C)OC(=O)CCCCCCCCCCC(C)CC. The average molecular weight is 1410 g/mol. The molecule has 0 bridgehead atoms. The number of ether oxygens (including phenoxy) is 4. The number of carbonyl (C=O) groups is 4. The predicted octanol–water partition coefficient (Wildman–Crippen LogP) is 22.6. The van der Waals surface area contributed by atoms with E-state index in [9.17, 15) is 43.2 Å². The minimum absolute atomic E-state index is 0.105. The summed E-state index contributed by atoms with van der Waals surface area (Å²) in [7, 11) is -9.91. The minimum atomic E-state index is -4.96. The lowest BCUT2D eigenvalue weighted by Crippen LogP contribution is -2.30. The fourth-order valence-electron chi connectivity index (χ4n) is 11.7. The van der Waals surface area contributed by atoms with Gasteiger partial charge in [0.15, 0.2) is 12.2 Å². The van der Waals surface area contributed by atoms with E-state index < -0.39 is 97.5 Å². The van der Waals surface area contributed by atoms with Crippen molar-refractivity contribution < 1.29 is 80.2 Å². The molecule has 570 valence electrons. The van der Waals surface area contributed by atoms with E-state index in [1.165, 1.54) is 193 Å². The molecule has 0 aliphatic heterocycles. The summed E-state index contributed by atoms with van der Waals surface area (Å²) in [6.45, 7) is 11.9. The van der Waals surface area contributed by atoms with Crippen LogP contribution in [-0.2, 0) is 65.4 Å². The normalized spacial score (nSPS) is 14.3. The van der Waals surface area contributed by atoms with Crippen molar-refractivity contribution in [2.24, 2.45) is 17.8 Å². The minimum Gasteiger partial charge on any atom is -0.462 e. The first-order valence-electron chi connectivity index (χ1n) is 39.9. The second-order valence-electron chi connectivity index (χ2n) is 28.9. The Morgan fingerprint density at radius 2 is 0.531 bits per heavy atom. The van der Waals surface area contributed by atoms with Gasteiger partial charge in [-0.3, -0.25) is 37.3 Å². The third kappa shape index (κ3) is 69.2. The first-order valence-corrected chi connectivity index (χ1v) is 42.9. The van der Waals surface area contributed by atoms with Crippen molar-refractivity contribution in [1.82, 2.24) is 0 Å². The summed E-state index contributed by atoms with van der Waals surface area (Å²) in [4.78, 5) is 72.7. The van der Waals surface area contributed by atoms with Gasteiger partial charge >= 0.3 is 39.5 Å². The van der Waals surface area contributed by atoms with Crippen LogP contribution in [0.15, 0.2) is 0 Å². The Morgan fingerprint density at radius 1 is 0.302 bits per heavy atom. The topological polar surface area (TPSA) is 237 Å². The Hall–Kier alpha value is -1.94. The molecule has 0 aromatic carbocycles. The van der Waals surface area contributed by atoms with E-state index in [0.29, 0.717) is 25.7 Å². The molecule has 17 nitrogen and oxygen atoms in total. The molecule has 6 atom stereocenters. The van der Waals surface area contributed by atoms with Crippen LogP contribution in [0.25, 0.3) is 0 Å². The molecule has 0 aromatic heterocycles. The molecular weight excluding hydrogens is 1260 g/mol. The zero-order chi connectivity index (χ0) is 70.9. The number of aliphatic hydroxyl groups excluding tert-OH is 1. The summed E-state index contributed by atoms with van der Waals surface area (Å²) in [5.41, 5.74) is 0. The van der Waals surface area contributed by atoms with Crippen LogP contribution in [0.1, 0.15) is 395 Å². The van der Waals surface area contributed by atoms with E-state index in [1.807, 2.05) is 0 Å². The van der Waals surface area contributed by atoms with Crippen LogP contribution in [-0.4, -0.2) is 96.7 Å². The molecule has 0 saturated heterocycles. The predicted molar refractivity (Wildman–Crippen MR) is 391 cm³/mol. The lowest BCUT2D eigenvalue weighted by molar-refractivity contribution is -0.161. The second kappa shape index (κ2) is 67.5. The van der Waals surface area contributed by atoms with Gasteiger partial charge < -0.3 is 33.8 Å². The maximum atomic E-state index is 13.1. The van der Waals surface area contributed by atoms with Gasteiger partial charge in [-0.25, -0.2) is 9.13 Å². The molecule has 0 spiro atoms. The van der Waals surface area contributed by atoms with Gasteiger partial charge in [-0.2, -0.15) is 0 Å². The van der Waals surface area contributed by atoms with Crippen molar-refractivity contribution >= 4 is 39.5 Å². The number of esters is 4. The highest BCUT2D eigenvalue weighted by atomic mass is 31.2. The molecule has 3 N–H and O–H groups in total. The Balaban J connectivity index is 5.19. The van der Waals surface area contributed by atoms with Crippen LogP contribution in [0.4, 0.5) is 0 Å². The van der Waals surface area contributed by atoms with Crippen LogP contribution in [0.3, 0.4) is 0 Å². The maximum absolute atomic E-state index is 13.1. The number of carbonyl (C=O) groups excluding carboxylic acids is 4. The van der Waals surface area contributed by atoms with Crippen molar-refractivity contribution in [1.29, 1.82) is 0 Å². The summed E-state index contributed by atoms with van der Waals surface area (Å²) < 4.78 is 68.4. The molecule has 0 amide bonds. The van der Waals surface area contributed by atoms with E-state index in [1.54, 1.807) is 0 Å². The molecule has 0 heterocycles. The molecule has 0 fully saturated rings. The summed E-state index contributed by atoms with van der Waals surface area (Å²) in [5, 5.41) is 10.6. The van der Waals surface area contributed by atoms with E-state index >= 15 is 0 Å². The van der Waals surface area contributed by atoms with E-state index in [4.69, 9.17) is 37.0 Å². The van der Waals surface area contributed by atoms with E-state index in [2.05, 4.69) is 48.5 Å². The molecule has 0 saturated carbocycles. The number of hydrogen-bond donors (Lipinski definition) is 3. The van der Waals surface area contributed by atoms with Crippen LogP contribution in [0.5, 0.6) is 0 Å². The Morgan fingerprint density at radius 3 is 0.792 bits per heavy atom.